The smallest absolute Gasteiger partial charge is 0.336 e. The summed E-state index contributed by atoms with van der Waals surface area (Å²) in [6, 6.07) is 5.57. The molecule has 2 rings (SSSR count). The molecule has 0 fully saturated rings. The number of carbonyl (C=O) groups is 2. The molecule has 0 bridgehead atoms. The zero-order chi connectivity index (χ0) is 20.1. The third-order valence-corrected chi connectivity index (χ3v) is 4.15. The number of methoxy groups -OCH3 is 1. The molecule has 27 heavy (non-hydrogen) atoms. The van der Waals surface area contributed by atoms with Crippen molar-refractivity contribution in [3.8, 4) is 0 Å². The fourth-order valence-electron chi connectivity index (χ4n) is 2.99. The van der Waals surface area contributed by atoms with Gasteiger partial charge in [0.1, 0.15) is 6.61 Å². The summed E-state index contributed by atoms with van der Waals surface area (Å²) in [5.41, 5.74) is 0.925. The predicted molar refractivity (Wildman–Crippen MR) is 94.8 cm³/mol. The fourth-order valence-corrected chi connectivity index (χ4v) is 2.99. The number of hydrogen-bond donors (Lipinski definition) is 2. The summed E-state index contributed by atoms with van der Waals surface area (Å²) in [5.74, 6) is -2.94. The number of ether oxygens (including phenoxy) is 2. The Kier molecular flexibility index (Phi) is 6.30. The van der Waals surface area contributed by atoms with Gasteiger partial charge in [0.2, 0.25) is 0 Å². The number of esters is 1. The lowest BCUT2D eigenvalue weighted by Gasteiger charge is -2.29. The van der Waals surface area contributed by atoms with E-state index < -0.39 is 22.8 Å². The number of carbonyl (C=O) groups excluding carboxylic acids is 1. The van der Waals surface area contributed by atoms with Crippen LogP contribution in [0.3, 0.4) is 0 Å². The lowest BCUT2D eigenvalue weighted by molar-refractivity contribution is -0.384. The highest BCUT2D eigenvalue weighted by Gasteiger charge is 2.37. The van der Waals surface area contributed by atoms with Crippen LogP contribution in [-0.2, 0) is 19.1 Å². The van der Waals surface area contributed by atoms with Crippen LogP contribution < -0.4 is 5.32 Å². The van der Waals surface area contributed by atoms with Crippen molar-refractivity contribution in [3.05, 3.63) is 62.5 Å². The highest BCUT2D eigenvalue weighted by molar-refractivity contribution is 5.99. The summed E-state index contributed by atoms with van der Waals surface area (Å²) >= 11 is 0. The van der Waals surface area contributed by atoms with Gasteiger partial charge >= 0.3 is 11.9 Å². The summed E-state index contributed by atoms with van der Waals surface area (Å²) in [4.78, 5) is 35.1. The SMILES string of the molecule is COCCOC(=O)C1=C(C)NC(C)=C(C(=O)O)C1c1cccc([N+](=O)[O-])c1. The summed E-state index contributed by atoms with van der Waals surface area (Å²) in [7, 11) is 1.46. The zero-order valence-corrected chi connectivity index (χ0v) is 15.1. The van der Waals surface area contributed by atoms with Crippen molar-refractivity contribution in [3.63, 3.8) is 0 Å². The zero-order valence-electron chi connectivity index (χ0n) is 15.1. The Bertz CT molecular complexity index is 842. The van der Waals surface area contributed by atoms with E-state index in [1.165, 1.54) is 25.3 Å². The Labute approximate surface area is 155 Å². The van der Waals surface area contributed by atoms with E-state index in [4.69, 9.17) is 9.47 Å². The number of carboxylic acids is 1. The number of nitrogens with one attached hydrogen (secondary N) is 1. The first-order chi connectivity index (χ1) is 12.8. The normalized spacial score (nSPS) is 16.8. The van der Waals surface area contributed by atoms with Crippen molar-refractivity contribution >= 4 is 17.6 Å². The molecule has 2 N–H and O–H groups in total. The Balaban J connectivity index is 2.57. The number of aliphatic carboxylic acids is 1. The van der Waals surface area contributed by atoms with Crippen LogP contribution in [0.2, 0.25) is 0 Å². The number of allylic oxidation sites excluding steroid dienone is 2. The van der Waals surface area contributed by atoms with Gasteiger partial charge in [0.25, 0.3) is 5.69 Å². The van der Waals surface area contributed by atoms with Gasteiger partial charge in [-0.05, 0) is 19.4 Å². The van der Waals surface area contributed by atoms with E-state index >= 15 is 0 Å². The third-order valence-electron chi connectivity index (χ3n) is 4.15. The number of dihydropyridines is 1. The van der Waals surface area contributed by atoms with E-state index in [0.717, 1.165) is 0 Å². The summed E-state index contributed by atoms with van der Waals surface area (Å²) < 4.78 is 10.0. The van der Waals surface area contributed by atoms with E-state index in [-0.39, 0.29) is 30.0 Å². The summed E-state index contributed by atoms with van der Waals surface area (Å²) in [5, 5.41) is 23.7. The van der Waals surface area contributed by atoms with Gasteiger partial charge in [-0.2, -0.15) is 0 Å². The molecule has 0 saturated carbocycles. The highest BCUT2D eigenvalue weighted by Crippen LogP contribution is 2.39. The first kappa shape index (κ1) is 20.1. The molecular formula is C18H20N2O7. The van der Waals surface area contributed by atoms with Gasteiger partial charge in [-0.15, -0.1) is 0 Å². The molecule has 1 heterocycles. The topological polar surface area (TPSA) is 128 Å². The molecule has 0 spiro atoms. The largest absolute Gasteiger partial charge is 0.478 e. The molecule has 0 radical (unpaired) electrons. The van der Waals surface area contributed by atoms with E-state index in [2.05, 4.69) is 5.32 Å². The van der Waals surface area contributed by atoms with Crippen LogP contribution in [0.1, 0.15) is 25.3 Å². The third kappa shape index (κ3) is 4.32. The van der Waals surface area contributed by atoms with Crippen molar-refractivity contribution in [1.29, 1.82) is 0 Å². The number of nitro groups is 1. The van der Waals surface area contributed by atoms with E-state index in [0.29, 0.717) is 17.0 Å². The molecule has 1 aliphatic rings. The molecule has 144 valence electrons. The molecule has 0 amide bonds. The Morgan fingerprint density at radius 1 is 1.22 bits per heavy atom. The first-order valence-electron chi connectivity index (χ1n) is 8.10. The second-order valence-electron chi connectivity index (χ2n) is 5.92. The standard InChI is InChI=1S/C18H20N2O7/c1-10-14(17(21)22)16(12-5-4-6-13(9-12)20(24)25)15(11(2)19-10)18(23)27-8-7-26-3/h4-6,9,16,19H,7-8H2,1-3H3,(H,21,22). The monoisotopic (exact) mass is 376 g/mol. The van der Waals surface area contributed by atoms with Crippen molar-refractivity contribution < 1.29 is 29.1 Å². The molecule has 9 nitrogen and oxygen atoms in total. The maximum Gasteiger partial charge on any atom is 0.336 e. The minimum absolute atomic E-state index is 0.00112. The molecule has 1 aromatic carbocycles. The number of carboxylic acid groups (broad SMARTS) is 1. The molecular weight excluding hydrogens is 356 g/mol. The molecule has 0 aliphatic carbocycles. The Morgan fingerprint density at radius 3 is 2.48 bits per heavy atom. The fraction of sp³-hybridized carbons (Fsp3) is 0.333. The van der Waals surface area contributed by atoms with Crippen molar-refractivity contribution in [2.45, 2.75) is 19.8 Å². The van der Waals surface area contributed by atoms with Crippen molar-refractivity contribution in [1.82, 2.24) is 5.32 Å². The Morgan fingerprint density at radius 2 is 1.89 bits per heavy atom. The molecule has 1 atom stereocenters. The lowest BCUT2D eigenvalue weighted by atomic mass is 9.80. The molecule has 0 saturated heterocycles. The lowest BCUT2D eigenvalue weighted by Crippen LogP contribution is -2.32. The van der Waals surface area contributed by atoms with Crippen molar-refractivity contribution in [2.75, 3.05) is 20.3 Å². The van der Waals surface area contributed by atoms with Gasteiger partial charge in [0, 0.05) is 30.6 Å². The van der Waals surface area contributed by atoms with E-state index in [1.807, 2.05) is 0 Å². The maximum absolute atomic E-state index is 12.6. The van der Waals surface area contributed by atoms with Gasteiger partial charge in [0.15, 0.2) is 0 Å². The molecule has 1 aliphatic heterocycles. The molecule has 1 aromatic rings. The van der Waals surface area contributed by atoms with Gasteiger partial charge in [-0.25, -0.2) is 9.59 Å². The Hall–Kier alpha value is -3.20. The van der Waals surface area contributed by atoms with E-state index in [9.17, 15) is 24.8 Å². The number of nitro benzene ring substituents is 1. The predicted octanol–water partition coefficient (Wildman–Crippen LogP) is 2.10. The highest BCUT2D eigenvalue weighted by atomic mass is 16.6. The minimum atomic E-state index is -1.23. The van der Waals surface area contributed by atoms with Crippen molar-refractivity contribution in [2.24, 2.45) is 0 Å². The number of rotatable bonds is 7. The van der Waals surface area contributed by atoms with Gasteiger partial charge in [0.05, 0.1) is 28.6 Å². The molecule has 1 unspecified atom stereocenters. The quantitative estimate of drug-likeness (QED) is 0.320. The van der Waals surface area contributed by atoms with Crippen LogP contribution in [0.25, 0.3) is 0 Å². The molecule has 9 heteroatoms. The molecule has 0 aromatic heterocycles. The van der Waals surface area contributed by atoms with Crippen LogP contribution in [0.15, 0.2) is 46.8 Å². The van der Waals surface area contributed by atoms with Gasteiger partial charge in [-0.1, -0.05) is 12.1 Å². The maximum atomic E-state index is 12.6. The second-order valence-corrected chi connectivity index (χ2v) is 5.92. The van der Waals surface area contributed by atoms with Crippen LogP contribution in [0.4, 0.5) is 5.69 Å². The van der Waals surface area contributed by atoms with Gasteiger partial charge < -0.3 is 19.9 Å². The summed E-state index contributed by atoms with van der Waals surface area (Å²) in [6.07, 6.45) is 0. The van der Waals surface area contributed by atoms with E-state index in [1.54, 1.807) is 19.9 Å². The van der Waals surface area contributed by atoms with Crippen LogP contribution in [0, 0.1) is 10.1 Å². The number of non-ortho nitro benzene ring substituents is 1. The summed E-state index contributed by atoms with van der Waals surface area (Å²) in [6.45, 7) is 3.39. The average Bonchev–Trinajstić information content (AvgIpc) is 2.60. The van der Waals surface area contributed by atoms with Crippen LogP contribution >= 0.6 is 0 Å². The van der Waals surface area contributed by atoms with Gasteiger partial charge in [-0.3, -0.25) is 10.1 Å². The average molecular weight is 376 g/mol. The van der Waals surface area contributed by atoms with Crippen LogP contribution in [-0.4, -0.2) is 42.3 Å². The number of hydrogen-bond acceptors (Lipinski definition) is 7. The second kappa shape index (κ2) is 8.45. The number of nitrogens with zero attached hydrogens (tertiary/aromatic N) is 1. The van der Waals surface area contributed by atoms with Crippen LogP contribution in [0.5, 0.6) is 0 Å². The first-order valence-corrected chi connectivity index (χ1v) is 8.10. The number of benzene rings is 1. The minimum Gasteiger partial charge on any atom is -0.478 e.